The third-order valence-corrected chi connectivity index (χ3v) is 5.64. The maximum absolute atomic E-state index is 13.3. The highest BCUT2D eigenvalue weighted by molar-refractivity contribution is 7.98. The Balaban J connectivity index is 2.08. The molecule has 0 saturated carbocycles. The minimum atomic E-state index is -0.946. The molecule has 1 aliphatic rings. The monoisotopic (exact) mass is 453 g/mol. The van der Waals surface area contributed by atoms with Gasteiger partial charge in [-0.1, -0.05) is 6.92 Å². The molecule has 0 spiro atoms. The van der Waals surface area contributed by atoms with E-state index >= 15 is 0 Å². The highest BCUT2D eigenvalue weighted by atomic mass is 32.2. The molecule has 2 N–H and O–H groups in total. The number of anilines is 1. The van der Waals surface area contributed by atoms with E-state index < -0.39 is 36.5 Å². The topological polar surface area (TPSA) is 141 Å². The van der Waals surface area contributed by atoms with Gasteiger partial charge in [0.25, 0.3) is 0 Å². The van der Waals surface area contributed by atoms with E-state index in [0.717, 1.165) is 0 Å². The first-order valence-corrected chi connectivity index (χ1v) is 11.4. The maximum atomic E-state index is 13.3. The molecule has 11 nitrogen and oxygen atoms in total. The highest BCUT2D eigenvalue weighted by Crippen LogP contribution is 2.35. The Labute approximate surface area is 183 Å². The van der Waals surface area contributed by atoms with Gasteiger partial charge >= 0.3 is 17.6 Å². The summed E-state index contributed by atoms with van der Waals surface area (Å²) in [5, 5.41) is 0. The Morgan fingerprint density at radius 1 is 1.39 bits per heavy atom. The van der Waals surface area contributed by atoms with E-state index in [1.165, 1.54) is 24.6 Å². The molecule has 1 fully saturated rings. The molecule has 3 rings (SSSR count). The second kappa shape index (κ2) is 9.69. The van der Waals surface area contributed by atoms with Crippen molar-refractivity contribution in [3.8, 4) is 0 Å². The fourth-order valence-corrected chi connectivity index (χ4v) is 4.15. The lowest BCUT2D eigenvalue weighted by atomic mass is 10.1. The lowest BCUT2D eigenvalue weighted by Crippen LogP contribution is -2.34. The summed E-state index contributed by atoms with van der Waals surface area (Å²) < 4.78 is 19.9. The summed E-state index contributed by atoms with van der Waals surface area (Å²) in [4.78, 5) is 44.9. The van der Waals surface area contributed by atoms with Crippen LogP contribution in [0.4, 0.5) is 5.95 Å². The molecule has 0 amide bonds. The molecular formula is C19H27N5O6S. The van der Waals surface area contributed by atoms with Crippen LogP contribution in [0.3, 0.4) is 0 Å². The average molecular weight is 454 g/mol. The van der Waals surface area contributed by atoms with Crippen LogP contribution in [-0.2, 0) is 30.3 Å². The Hall–Kier alpha value is -2.60. The van der Waals surface area contributed by atoms with Crippen molar-refractivity contribution in [2.24, 2.45) is 0 Å². The van der Waals surface area contributed by atoms with E-state index in [1.807, 2.05) is 13.2 Å². The van der Waals surface area contributed by atoms with E-state index in [9.17, 15) is 14.4 Å². The predicted molar refractivity (Wildman–Crippen MR) is 115 cm³/mol. The number of thioether (sulfide) groups is 1. The minimum Gasteiger partial charge on any atom is -0.460 e. The van der Waals surface area contributed by atoms with Crippen molar-refractivity contribution in [3.63, 3.8) is 0 Å². The van der Waals surface area contributed by atoms with E-state index in [2.05, 4.69) is 9.97 Å². The molecule has 0 bridgehead atoms. The lowest BCUT2D eigenvalue weighted by Gasteiger charge is -2.22. The van der Waals surface area contributed by atoms with Gasteiger partial charge in [0.05, 0.1) is 6.20 Å². The zero-order valence-corrected chi connectivity index (χ0v) is 18.8. The summed E-state index contributed by atoms with van der Waals surface area (Å²) in [5.41, 5.74) is 6.22. The Morgan fingerprint density at radius 2 is 2.13 bits per heavy atom. The number of esters is 2. The van der Waals surface area contributed by atoms with Crippen LogP contribution in [0.5, 0.6) is 0 Å². The van der Waals surface area contributed by atoms with Crippen LogP contribution in [0.2, 0.25) is 0 Å². The molecular weight excluding hydrogens is 426 g/mol. The Bertz CT molecular complexity index is 1020. The van der Waals surface area contributed by atoms with Crippen molar-refractivity contribution in [1.82, 2.24) is 19.1 Å². The van der Waals surface area contributed by atoms with Crippen molar-refractivity contribution in [2.45, 2.75) is 64.7 Å². The first-order valence-electron chi connectivity index (χ1n) is 9.98. The summed E-state index contributed by atoms with van der Waals surface area (Å²) in [7, 11) is 0. The largest absolute Gasteiger partial charge is 0.460 e. The van der Waals surface area contributed by atoms with Crippen LogP contribution in [-0.4, -0.2) is 61.4 Å². The van der Waals surface area contributed by atoms with Crippen molar-refractivity contribution in [2.75, 3.05) is 17.7 Å². The molecule has 0 radical (unpaired) electrons. The number of rotatable bonds is 8. The normalized spacial score (nSPS) is 21.9. The fourth-order valence-electron chi connectivity index (χ4n) is 3.79. The maximum Gasteiger partial charge on any atom is 0.332 e. The van der Waals surface area contributed by atoms with Gasteiger partial charge in [0.15, 0.2) is 11.9 Å². The molecule has 1 unspecified atom stereocenters. The van der Waals surface area contributed by atoms with Crippen LogP contribution in [0.25, 0.3) is 11.2 Å². The van der Waals surface area contributed by atoms with Crippen LogP contribution in [0, 0.1) is 0 Å². The predicted octanol–water partition coefficient (Wildman–Crippen LogP) is 1.10. The second-order valence-electron chi connectivity index (χ2n) is 7.24. The molecule has 4 atom stereocenters. The highest BCUT2D eigenvalue weighted by Gasteiger charge is 2.44. The molecule has 1 saturated heterocycles. The van der Waals surface area contributed by atoms with Gasteiger partial charge in [0.1, 0.15) is 23.8 Å². The zero-order valence-electron chi connectivity index (χ0n) is 17.9. The third kappa shape index (κ3) is 4.85. The minimum absolute atomic E-state index is 0.00759. The molecule has 2 aromatic rings. The first-order chi connectivity index (χ1) is 14.8. The molecule has 31 heavy (non-hydrogen) atoms. The molecule has 0 aromatic carbocycles. The summed E-state index contributed by atoms with van der Waals surface area (Å²) in [5.74, 6) is -0.231. The van der Waals surface area contributed by atoms with Crippen LogP contribution in [0.15, 0.2) is 11.0 Å². The van der Waals surface area contributed by atoms with Crippen LogP contribution in [0.1, 0.15) is 39.8 Å². The van der Waals surface area contributed by atoms with Gasteiger partial charge in [0, 0.05) is 32.6 Å². The Kier molecular flexibility index (Phi) is 7.21. The number of carbonyl (C=O) groups excluding carboxylic acids is 2. The number of aryl methyl sites for hydroxylation is 1. The van der Waals surface area contributed by atoms with E-state index in [4.69, 9.17) is 19.9 Å². The summed E-state index contributed by atoms with van der Waals surface area (Å²) in [6.07, 6.45) is 1.40. The van der Waals surface area contributed by atoms with E-state index in [0.29, 0.717) is 29.9 Å². The first kappa shape index (κ1) is 23.1. The zero-order chi connectivity index (χ0) is 22.7. The summed E-state index contributed by atoms with van der Waals surface area (Å²) >= 11 is 1.60. The number of carbonyl (C=O) groups is 2. The van der Waals surface area contributed by atoms with E-state index in [-0.39, 0.29) is 18.1 Å². The SMILES string of the molecule is CCC(OC(C)=O)[C@@H]1C[C@@H](OC(C)=O)[C@H](n2c(=O)n(CCSC)c3cnc(N)nc32)O1. The number of nitrogens with zero attached hydrogens (tertiary/aromatic N) is 4. The summed E-state index contributed by atoms with van der Waals surface area (Å²) in [6.45, 7) is 4.91. The van der Waals surface area contributed by atoms with Crippen LogP contribution < -0.4 is 11.4 Å². The molecule has 1 aliphatic heterocycles. The number of nitrogens with two attached hydrogens (primary N) is 1. The third-order valence-electron chi connectivity index (χ3n) is 5.05. The number of imidazole rings is 1. The van der Waals surface area contributed by atoms with E-state index in [1.54, 1.807) is 16.3 Å². The van der Waals surface area contributed by atoms with Gasteiger partial charge in [-0.05, 0) is 12.7 Å². The molecule has 0 aliphatic carbocycles. The quantitative estimate of drug-likeness (QED) is 0.578. The summed E-state index contributed by atoms with van der Waals surface area (Å²) in [6, 6.07) is 0. The average Bonchev–Trinajstić information content (AvgIpc) is 3.21. The number of hydrogen-bond acceptors (Lipinski definition) is 10. The molecule has 12 heteroatoms. The fraction of sp³-hybridized carbons (Fsp3) is 0.632. The molecule has 170 valence electrons. The second-order valence-corrected chi connectivity index (χ2v) is 8.22. The number of hydrogen-bond donors (Lipinski definition) is 1. The standard InChI is InChI=1S/C19H27N5O6S/c1-5-13(28-10(2)25)14-8-15(29-11(3)26)17(30-14)24-16-12(9-21-18(20)22-16)23(19(24)27)6-7-31-4/h9,13-15,17H,5-8H2,1-4H3,(H2,20,21,22)/t13?,14-,15+,17+/m0/s1. The number of nitrogen functional groups attached to an aromatic ring is 1. The molecule has 2 aromatic heterocycles. The Morgan fingerprint density at radius 3 is 2.74 bits per heavy atom. The van der Waals surface area contributed by atoms with Crippen molar-refractivity contribution < 1.29 is 23.8 Å². The smallest absolute Gasteiger partial charge is 0.332 e. The van der Waals surface area contributed by atoms with Gasteiger partial charge in [-0.25, -0.2) is 14.3 Å². The molecule has 3 heterocycles. The number of aromatic nitrogens is 4. The van der Waals surface area contributed by atoms with Gasteiger partial charge in [0.2, 0.25) is 5.95 Å². The van der Waals surface area contributed by atoms with Crippen molar-refractivity contribution in [3.05, 3.63) is 16.7 Å². The van der Waals surface area contributed by atoms with Crippen molar-refractivity contribution >= 4 is 40.8 Å². The lowest BCUT2D eigenvalue weighted by molar-refractivity contribution is -0.158. The van der Waals surface area contributed by atoms with Gasteiger partial charge in [-0.3, -0.25) is 14.2 Å². The van der Waals surface area contributed by atoms with Gasteiger partial charge in [-0.15, -0.1) is 0 Å². The number of fused-ring (bicyclic) bond motifs is 1. The van der Waals surface area contributed by atoms with Crippen LogP contribution >= 0.6 is 11.8 Å². The number of ether oxygens (including phenoxy) is 3. The van der Waals surface area contributed by atoms with Gasteiger partial charge in [-0.2, -0.15) is 16.7 Å². The van der Waals surface area contributed by atoms with Gasteiger partial charge < -0.3 is 19.9 Å². The van der Waals surface area contributed by atoms with Crippen molar-refractivity contribution in [1.29, 1.82) is 0 Å².